The normalized spacial score (nSPS) is 11.7. The third-order valence-corrected chi connectivity index (χ3v) is 12.0. The van der Waals surface area contributed by atoms with Gasteiger partial charge >= 0.3 is 0 Å². The van der Waals surface area contributed by atoms with Crippen LogP contribution in [0, 0.1) is 0 Å². The molecule has 0 spiro atoms. The Labute approximate surface area is 341 Å². The monoisotopic (exact) mass is 752 g/mol. The first-order chi connectivity index (χ1) is 29.3. The summed E-state index contributed by atoms with van der Waals surface area (Å²) in [6, 6.07) is 78.6. The number of hydrogen-bond acceptors (Lipinski definition) is 2. The Morgan fingerprint density at radius 3 is 1.59 bits per heavy atom. The van der Waals surface area contributed by atoms with Crippen LogP contribution in [0.2, 0.25) is 0 Å². The molecule has 0 amide bonds. The molecular formula is C56H36N2O. The fraction of sp³-hybridized carbons (Fsp3) is 0. The maximum atomic E-state index is 6.63. The molecule has 2 heterocycles. The van der Waals surface area contributed by atoms with Gasteiger partial charge in [-0.25, -0.2) is 0 Å². The summed E-state index contributed by atoms with van der Waals surface area (Å²) in [6.07, 6.45) is 0. The van der Waals surface area contributed by atoms with Crippen LogP contribution in [0.4, 0.5) is 17.1 Å². The second-order valence-electron chi connectivity index (χ2n) is 15.3. The Balaban J connectivity index is 0.943. The molecule has 0 bridgehead atoms. The number of aromatic nitrogens is 1. The molecular weight excluding hydrogens is 717 g/mol. The topological polar surface area (TPSA) is 21.3 Å². The lowest BCUT2D eigenvalue weighted by atomic mass is 9.94. The molecule has 12 rings (SSSR count). The van der Waals surface area contributed by atoms with Gasteiger partial charge in [0.15, 0.2) is 5.58 Å². The average molecular weight is 753 g/mol. The van der Waals surface area contributed by atoms with Crippen LogP contribution >= 0.6 is 0 Å². The van der Waals surface area contributed by atoms with E-state index in [1.165, 1.54) is 60.0 Å². The summed E-state index contributed by atoms with van der Waals surface area (Å²) in [4.78, 5) is 2.32. The summed E-state index contributed by atoms with van der Waals surface area (Å²) in [5, 5.41) is 9.79. The van der Waals surface area contributed by atoms with Crippen LogP contribution in [0.5, 0.6) is 0 Å². The zero-order chi connectivity index (χ0) is 38.9. The number of para-hydroxylation sites is 4. The molecule has 12 aromatic rings. The van der Waals surface area contributed by atoms with Crippen LogP contribution in [-0.4, -0.2) is 4.57 Å². The van der Waals surface area contributed by atoms with Crippen LogP contribution in [0.3, 0.4) is 0 Å². The van der Waals surface area contributed by atoms with E-state index in [4.69, 9.17) is 4.42 Å². The number of hydrogen-bond donors (Lipinski definition) is 0. The average Bonchev–Trinajstić information content (AvgIpc) is 3.86. The third kappa shape index (κ3) is 5.36. The van der Waals surface area contributed by atoms with E-state index < -0.39 is 0 Å². The van der Waals surface area contributed by atoms with Gasteiger partial charge in [-0.05, 0) is 104 Å². The second-order valence-corrected chi connectivity index (χ2v) is 15.3. The van der Waals surface area contributed by atoms with Crippen LogP contribution < -0.4 is 4.90 Å². The van der Waals surface area contributed by atoms with Gasteiger partial charge in [-0.1, -0.05) is 158 Å². The van der Waals surface area contributed by atoms with E-state index in [0.717, 1.165) is 50.3 Å². The van der Waals surface area contributed by atoms with Crippen LogP contribution in [0.1, 0.15) is 0 Å². The van der Waals surface area contributed by atoms with E-state index in [2.05, 4.69) is 216 Å². The number of fused-ring (bicyclic) bond motifs is 9. The predicted molar refractivity (Wildman–Crippen MR) is 249 cm³/mol. The molecule has 3 heteroatoms. The van der Waals surface area contributed by atoms with E-state index in [0.29, 0.717) is 0 Å². The first-order valence-corrected chi connectivity index (χ1v) is 20.2. The fourth-order valence-electron chi connectivity index (χ4n) is 9.22. The number of nitrogens with zero attached hydrogens (tertiary/aromatic N) is 2. The van der Waals surface area contributed by atoms with Crippen molar-refractivity contribution in [2.45, 2.75) is 0 Å². The standard InChI is InChI=1S/C56H36N2O/c1-2-12-44-39(11-1)29-36-47-45(16-9-17-46(44)47)40-27-34-42(35-28-40)57(54-21-10-18-51-50-15-5-8-22-55(50)59-56(51)54)41-30-23-37(24-31-41)38-25-32-43(33-26-38)58-52-19-6-3-13-48(52)49-14-4-7-20-53(49)58/h1-36H. The minimum Gasteiger partial charge on any atom is -0.454 e. The molecule has 276 valence electrons. The lowest BCUT2D eigenvalue weighted by Crippen LogP contribution is -2.10. The molecule has 10 aromatic carbocycles. The van der Waals surface area contributed by atoms with Crippen LogP contribution in [-0.2, 0) is 0 Å². The Morgan fingerprint density at radius 2 is 0.881 bits per heavy atom. The quantitative estimate of drug-likeness (QED) is 0.158. The van der Waals surface area contributed by atoms with Gasteiger partial charge in [-0.3, -0.25) is 0 Å². The molecule has 0 unspecified atom stereocenters. The van der Waals surface area contributed by atoms with E-state index >= 15 is 0 Å². The molecule has 0 N–H and O–H groups in total. The fourth-order valence-corrected chi connectivity index (χ4v) is 9.22. The molecule has 0 aliphatic heterocycles. The molecule has 0 aliphatic carbocycles. The molecule has 0 atom stereocenters. The van der Waals surface area contributed by atoms with E-state index in [1.54, 1.807) is 0 Å². The van der Waals surface area contributed by atoms with Crippen molar-refractivity contribution < 1.29 is 4.42 Å². The molecule has 0 saturated carbocycles. The minimum atomic E-state index is 0.864. The summed E-state index contributed by atoms with van der Waals surface area (Å²) >= 11 is 0. The summed E-state index contributed by atoms with van der Waals surface area (Å²) in [5.41, 5.74) is 13.1. The van der Waals surface area contributed by atoms with Crippen molar-refractivity contribution in [2.75, 3.05) is 4.90 Å². The van der Waals surface area contributed by atoms with Crippen molar-refractivity contribution in [1.29, 1.82) is 0 Å². The lowest BCUT2D eigenvalue weighted by Gasteiger charge is -2.26. The Morgan fingerprint density at radius 1 is 0.339 bits per heavy atom. The van der Waals surface area contributed by atoms with Crippen molar-refractivity contribution in [1.82, 2.24) is 4.57 Å². The first-order valence-electron chi connectivity index (χ1n) is 20.2. The predicted octanol–water partition coefficient (Wildman–Crippen LogP) is 15.8. The van der Waals surface area contributed by atoms with Gasteiger partial charge in [0.05, 0.1) is 16.7 Å². The number of benzene rings is 10. The van der Waals surface area contributed by atoms with E-state index in [1.807, 2.05) is 12.1 Å². The highest BCUT2D eigenvalue weighted by Crippen LogP contribution is 2.43. The maximum Gasteiger partial charge on any atom is 0.159 e. The van der Waals surface area contributed by atoms with Gasteiger partial charge in [-0.2, -0.15) is 0 Å². The van der Waals surface area contributed by atoms with Crippen LogP contribution in [0.25, 0.3) is 93.2 Å². The summed E-state index contributed by atoms with van der Waals surface area (Å²) in [6.45, 7) is 0. The molecule has 0 radical (unpaired) electrons. The summed E-state index contributed by atoms with van der Waals surface area (Å²) in [7, 11) is 0. The number of furan rings is 1. The van der Waals surface area contributed by atoms with Gasteiger partial charge < -0.3 is 13.9 Å². The van der Waals surface area contributed by atoms with Gasteiger partial charge in [0.1, 0.15) is 5.58 Å². The lowest BCUT2D eigenvalue weighted by molar-refractivity contribution is 0.669. The molecule has 0 aliphatic rings. The number of rotatable bonds is 6. The zero-order valence-corrected chi connectivity index (χ0v) is 32.1. The van der Waals surface area contributed by atoms with Gasteiger partial charge in [0, 0.05) is 38.6 Å². The Hall–Kier alpha value is -7.88. The van der Waals surface area contributed by atoms with Crippen molar-refractivity contribution in [3.63, 3.8) is 0 Å². The summed E-state index contributed by atoms with van der Waals surface area (Å²) < 4.78 is 8.99. The van der Waals surface area contributed by atoms with E-state index in [9.17, 15) is 0 Å². The summed E-state index contributed by atoms with van der Waals surface area (Å²) in [5.74, 6) is 0. The van der Waals surface area contributed by atoms with Crippen molar-refractivity contribution >= 4 is 82.4 Å². The largest absolute Gasteiger partial charge is 0.454 e. The molecule has 3 nitrogen and oxygen atoms in total. The smallest absolute Gasteiger partial charge is 0.159 e. The van der Waals surface area contributed by atoms with Crippen LogP contribution in [0.15, 0.2) is 223 Å². The van der Waals surface area contributed by atoms with Crippen molar-refractivity contribution in [3.05, 3.63) is 218 Å². The molecule has 59 heavy (non-hydrogen) atoms. The molecule has 2 aromatic heterocycles. The second kappa shape index (κ2) is 13.4. The first kappa shape index (κ1) is 33.3. The van der Waals surface area contributed by atoms with Crippen molar-refractivity contribution in [2.24, 2.45) is 0 Å². The Bertz CT molecular complexity index is 3480. The third-order valence-electron chi connectivity index (χ3n) is 12.0. The van der Waals surface area contributed by atoms with Crippen molar-refractivity contribution in [3.8, 4) is 27.9 Å². The zero-order valence-electron chi connectivity index (χ0n) is 32.1. The van der Waals surface area contributed by atoms with Gasteiger partial charge in [0.2, 0.25) is 0 Å². The van der Waals surface area contributed by atoms with Gasteiger partial charge in [0.25, 0.3) is 0 Å². The molecule has 0 fully saturated rings. The highest BCUT2D eigenvalue weighted by Gasteiger charge is 2.20. The minimum absolute atomic E-state index is 0.864. The van der Waals surface area contributed by atoms with Gasteiger partial charge in [-0.15, -0.1) is 0 Å². The highest BCUT2D eigenvalue weighted by atomic mass is 16.3. The SMILES string of the molecule is c1ccc2c(c1)ccc1c(-c3ccc(N(c4ccc(-c5ccc(-n6c7ccccc7c7ccccc76)cc5)cc4)c4cccc5c4oc4ccccc45)cc3)cccc12. The highest BCUT2D eigenvalue weighted by molar-refractivity contribution is 6.13. The van der Waals surface area contributed by atoms with E-state index in [-0.39, 0.29) is 0 Å². The molecule has 0 saturated heterocycles. The number of anilines is 3. The Kier molecular flexibility index (Phi) is 7.54. The maximum absolute atomic E-state index is 6.63.